The number of hydrogen-bond acceptors (Lipinski definition) is 3. The fraction of sp³-hybridized carbons (Fsp3) is 0.556. The minimum atomic E-state index is 0.171. The fourth-order valence-corrected chi connectivity index (χ4v) is 3.22. The van der Waals surface area contributed by atoms with Crippen molar-refractivity contribution in [3.63, 3.8) is 0 Å². The van der Waals surface area contributed by atoms with Crippen molar-refractivity contribution in [3.05, 3.63) is 36.0 Å². The van der Waals surface area contributed by atoms with Gasteiger partial charge in [-0.3, -0.25) is 4.79 Å². The second kappa shape index (κ2) is 6.95. The monoisotopic (exact) mass is 300 g/mol. The van der Waals surface area contributed by atoms with E-state index in [4.69, 9.17) is 4.74 Å². The van der Waals surface area contributed by atoms with E-state index in [-0.39, 0.29) is 12.0 Å². The second-order valence-electron chi connectivity index (χ2n) is 6.24. The van der Waals surface area contributed by atoms with Crippen LogP contribution < -0.4 is 4.74 Å². The van der Waals surface area contributed by atoms with Crippen LogP contribution in [0.2, 0.25) is 0 Å². The van der Waals surface area contributed by atoms with E-state index in [1.54, 1.807) is 0 Å². The lowest BCUT2D eigenvalue weighted by Crippen LogP contribution is -2.44. The van der Waals surface area contributed by atoms with Crippen LogP contribution in [0.15, 0.2) is 30.4 Å². The number of hydrogen-bond donors (Lipinski definition) is 0. The topological polar surface area (TPSA) is 42.4 Å². The van der Waals surface area contributed by atoms with Gasteiger partial charge in [-0.25, -0.2) is 4.98 Å². The van der Waals surface area contributed by atoms with Gasteiger partial charge in [0, 0.05) is 43.6 Å². The van der Waals surface area contributed by atoms with E-state index in [1.165, 1.54) is 0 Å². The van der Waals surface area contributed by atoms with Gasteiger partial charge in [-0.05, 0) is 32.3 Å². The number of allylic oxidation sites excluding steroid dienone is 2. The van der Waals surface area contributed by atoms with Gasteiger partial charge in [0.1, 0.15) is 6.10 Å². The Labute approximate surface area is 132 Å². The van der Waals surface area contributed by atoms with Crippen LogP contribution in [0.5, 0.6) is 5.88 Å². The van der Waals surface area contributed by atoms with E-state index in [1.807, 2.05) is 30.0 Å². The van der Waals surface area contributed by atoms with Gasteiger partial charge in [0.25, 0.3) is 0 Å². The zero-order valence-electron chi connectivity index (χ0n) is 13.2. The predicted molar refractivity (Wildman–Crippen MR) is 85.7 cm³/mol. The molecule has 0 aromatic carbocycles. The molecule has 1 aromatic heterocycles. The first-order valence-electron chi connectivity index (χ1n) is 8.26. The van der Waals surface area contributed by atoms with E-state index in [2.05, 4.69) is 17.1 Å². The van der Waals surface area contributed by atoms with Gasteiger partial charge >= 0.3 is 0 Å². The Kier molecular flexibility index (Phi) is 4.76. The minimum Gasteiger partial charge on any atom is -0.474 e. The van der Waals surface area contributed by atoms with Crippen LogP contribution in [-0.2, 0) is 4.79 Å². The third-order valence-electron chi connectivity index (χ3n) is 4.52. The molecule has 118 valence electrons. The second-order valence-corrected chi connectivity index (χ2v) is 6.24. The largest absolute Gasteiger partial charge is 0.474 e. The Balaban J connectivity index is 1.49. The van der Waals surface area contributed by atoms with Gasteiger partial charge in [-0.2, -0.15) is 0 Å². The van der Waals surface area contributed by atoms with Crippen molar-refractivity contribution in [1.29, 1.82) is 0 Å². The molecule has 0 saturated carbocycles. The first-order valence-corrected chi connectivity index (χ1v) is 8.26. The van der Waals surface area contributed by atoms with Gasteiger partial charge in [0.15, 0.2) is 0 Å². The number of likely N-dealkylation sites (tertiary alicyclic amines) is 1. The molecule has 0 N–H and O–H groups in total. The van der Waals surface area contributed by atoms with Gasteiger partial charge in [0.05, 0.1) is 0 Å². The van der Waals surface area contributed by atoms with E-state index in [0.29, 0.717) is 11.8 Å². The first kappa shape index (κ1) is 15.1. The quantitative estimate of drug-likeness (QED) is 0.806. The highest BCUT2D eigenvalue weighted by molar-refractivity contribution is 5.79. The molecule has 1 saturated heterocycles. The molecule has 4 heteroatoms. The number of rotatable bonds is 3. The van der Waals surface area contributed by atoms with Crippen LogP contribution in [0, 0.1) is 12.8 Å². The maximum absolute atomic E-state index is 12.5. The molecule has 22 heavy (non-hydrogen) atoms. The number of aryl methyl sites for hydroxylation is 1. The van der Waals surface area contributed by atoms with E-state index >= 15 is 0 Å². The Hall–Kier alpha value is -1.84. The molecule has 0 radical (unpaired) electrons. The standard InChI is InChI=1S/C18H24N2O2/c1-14-6-5-9-17(19-14)22-16-10-12-20(13-11-16)18(21)15-7-3-2-4-8-15/h2-3,5-6,9,15-16H,4,7-8,10-13H2,1H3/t15-/m1/s1. The summed E-state index contributed by atoms with van der Waals surface area (Å²) in [6.45, 7) is 3.57. The summed E-state index contributed by atoms with van der Waals surface area (Å²) in [5.74, 6) is 1.22. The van der Waals surface area contributed by atoms with Crippen molar-refractivity contribution in [2.24, 2.45) is 5.92 Å². The van der Waals surface area contributed by atoms with Gasteiger partial charge in [-0.15, -0.1) is 0 Å². The molecule has 0 spiro atoms. The Morgan fingerprint density at radius 2 is 2.05 bits per heavy atom. The van der Waals surface area contributed by atoms with E-state index in [9.17, 15) is 4.79 Å². The smallest absolute Gasteiger partial charge is 0.226 e. The van der Waals surface area contributed by atoms with Crippen molar-refractivity contribution < 1.29 is 9.53 Å². The lowest BCUT2D eigenvalue weighted by atomic mass is 9.92. The third kappa shape index (κ3) is 3.67. The highest BCUT2D eigenvalue weighted by atomic mass is 16.5. The molecule has 1 aliphatic heterocycles. The highest BCUT2D eigenvalue weighted by Crippen LogP contribution is 2.24. The minimum absolute atomic E-state index is 0.171. The summed E-state index contributed by atoms with van der Waals surface area (Å²) in [6, 6.07) is 5.83. The number of amides is 1. The SMILES string of the molecule is Cc1cccc(OC2CCN(C(=O)[C@@H]3CC=CCC3)CC2)n1. The summed E-state index contributed by atoms with van der Waals surface area (Å²) in [7, 11) is 0. The Morgan fingerprint density at radius 3 is 2.73 bits per heavy atom. The number of ether oxygens (including phenoxy) is 1. The van der Waals surface area contributed by atoms with Crippen LogP contribution >= 0.6 is 0 Å². The number of piperidine rings is 1. The van der Waals surface area contributed by atoms with Crippen molar-refractivity contribution in [2.45, 2.75) is 45.1 Å². The van der Waals surface area contributed by atoms with Gasteiger partial charge in [-0.1, -0.05) is 18.2 Å². The Bertz CT molecular complexity index is 548. The zero-order valence-corrected chi connectivity index (χ0v) is 13.2. The molecular weight excluding hydrogens is 276 g/mol. The Morgan fingerprint density at radius 1 is 1.23 bits per heavy atom. The van der Waals surface area contributed by atoms with Crippen LogP contribution in [0.3, 0.4) is 0 Å². The zero-order chi connectivity index (χ0) is 15.4. The molecule has 1 aromatic rings. The van der Waals surface area contributed by atoms with Crippen LogP contribution in [0.25, 0.3) is 0 Å². The molecule has 1 aliphatic carbocycles. The van der Waals surface area contributed by atoms with Crippen LogP contribution in [0.4, 0.5) is 0 Å². The third-order valence-corrected chi connectivity index (χ3v) is 4.52. The van der Waals surface area contributed by atoms with Gasteiger partial charge in [0.2, 0.25) is 11.8 Å². The van der Waals surface area contributed by atoms with Crippen molar-refractivity contribution in [1.82, 2.24) is 9.88 Å². The number of carbonyl (C=O) groups is 1. The number of nitrogens with zero attached hydrogens (tertiary/aromatic N) is 2. The summed E-state index contributed by atoms with van der Waals surface area (Å²) in [5.41, 5.74) is 0.968. The summed E-state index contributed by atoms with van der Waals surface area (Å²) in [6.07, 6.45) is 9.22. The predicted octanol–water partition coefficient (Wildman–Crippen LogP) is 3.12. The average Bonchev–Trinajstić information content (AvgIpc) is 2.56. The summed E-state index contributed by atoms with van der Waals surface area (Å²) < 4.78 is 5.95. The summed E-state index contributed by atoms with van der Waals surface area (Å²) in [5, 5.41) is 0. The van der Waals surface area contributed by atoms with E-state index in [0.717, 1.165) is 50.9 Å². The van der Waals surface area contributed by atoms with Crippen molar-refractivity contribution in [3.8, 4) is 5.88 Å². The maximum atomic E-state index is 12.5. The molecule has 1 atom stereocenters. The maximum Gasteiger partial charge on any atom is 0.226 e. The molecule has 4 nitrogen and oxygen atoms in total. The average molecular weight is 300 g/mol. The molecular formula is C18H24N2O2. The lowest BCUT2D eigenvalue weighted by Gasteiger charge is -2.34. The molecule has 2 aliphatic rings. The lowest BCUT2D eigenvalue weighted by molar-refractivity contribution is -0.137. The molecule has 2 heterocycles. The first-order chi connectivity index (χ1) is 10.7. The molecule has 1 amide bonds. The van der Waals surface area contributed by atoms with Gasteiger partial charge < -0.3 is 9.64 Å². The number of pyridine rings is 1. The fourth-order valence-electron chi connectivity index (χ4n) is 3.22. The molecule has 0 bridgehead atoms. The number of carbonyl (C=O) groups excluding carboxylic acids is 1. The molecule has 0 unspecified atom stereocenters. The summed E-state index contributed by atoms with van der Waals surface area (Å²) in [4.78, 5) is 18.9. The normalized spacial score (nSPS) is 22.6. The van der Waals surface area contributed by atoms with Crippen molar-refractivity contribution >= 4 is 5.91 Å². The highest BCUT2D eigenvalue weighted by Gasteiger charge is 2.28. The molecule has 1 fully saturated rings. The summed E-state index contributed by atoms with van der Waals surface area (Å²) >= 11 is 0. The van der Waals surface area contributed by atoms with Crippen LogP contribution in [0.1, 0.15) is 37.8 Å². The van der Waals surface area contributed by atoms with E-state index < -0.39 is 0 Å². The molecule has 3 rings (SSSR count). The number of aromatic nitrogens is 1. The van der Waals surface area contributed by atoms with Crippen molar-refractivity contribution in [2.75, 3.05) is 13.1 Å². The van der Waals surface area contributed by atoms with Crippen LogP contribution in [-0.4, -0.2) is 35.0 Å².